The van der Waals surface area contributed by atoms with Crippen LogP contribution in [0.25, 0.3) is 0 Å². The molecule has 1 aromatic heterocycles. The van der Waals surface area contributed by atoms with Crippen LogP contribution in [0.15, 0.2) is 70.6 Å². The molecule has 0 fully saturated rings. The quantitative estimate of drug-likeness (QED) is 0.228. The second-order valence-electron chi connectivity index (χ2n) is 9.42. The molecular weight excluding hydrogens is 434 g/mol. The number of rotatable bonds is 4. The Balaban J connectivity index is 0.00000320. The summed E-state index contributed by atoms with van der Waals surface area (Å²) < 4.78 is 0. The van der Waals surface area contributed by atoms with Gasteiger partial charge in [0, 0.05) is 0 Å². The molecular formula is C28H37FeN3. The first-order valence-electron chi connectivity index (χ1n) is 10.1. The number of nitrogens with zero attached hydrogens (tertiary/aromatic N) is 2. The van der Waals surface area contributed by atoms with E-state index >= 15 is 0 Å². The Bertz CT molecular complexity index is 949. The van der Waals surface area contributed by atoms with Gasteiger partial charge in [0.05, 0.1) is 35.2 Å². The van der Waals surface area contributed by atoms with Gasteiger partial charge in [0.1, 0.15) is 0 Å². The van der Waals surface area contributed by atoms with E-state index in [9.17, 15) is 0 Å². The summed E-state index contributed by atoms with van der Waals surface area (Å²) in [7, 11) is 0. The van der Waals surface area contributed by atoms with Crippen LogP contribution in [0.1, 0.15) is 64.1 Å². The minimum Gasteiger partial charge on any atom is -0.358 e. The zero-order chi connectivity index (χ0) is 21.1. The maximum absolute atomic E-state index is 4.72. The number of nitrogens with one attached hydrogen (secondary N) is 1. The predicted molar refractivity (Wildman–Crippen MR) is 138 cm³/mol. The van der Waals surface area contributed by atoms with Gasteiger partial charge in [0.15, 0.2) is 0 Å². The summed E-state index contributed by atoms with van der Waals surface area (Å²) in [6.07, 6.45) is 3.76. The molecule has 0 saturated carbocycles. The largest absolute Gasteiger partial charge is 2.00 e. The van der Waals surface area contributed by atoms with Crippen molar-refractivity contribution in [1.29, 1.82) is 0 Å². The summed E-state index contributed by atoms with van der Waals surface area (Å²) in [5.41, 5.74) is 6.52. The number of aromatic nitrogens is 1. The van der Waals surface area contributed by atoms with Crippen LogP contribution >= 0.6 is 0 Å². The van der Waals surface area contributed by atoms with Crippen LogP contribution in [-0.2, 0) is 27.9 Å². The van der Waals surface area contributed by atoms with Gasteiger partial charge in [-0.2, -0.15) is 0 Å². The molecule has 1 heterocycles. The molecule has 2 aromatic carbocycles. The molecule has 0 spiro atoms. The first kappa shape index (κ1) is 29.6. The topological polar surface area (TPSA) is 40.5 Å². The molecule has 0 unspecified atom stereocenters. The molecule has 32 heavy (non-hydrogen) atoms. The summed E-state index contributed by atoms with van der Waals surface area (Å²) in [6.45, 7) is 13.2. The molecule has 0 amide bonds. The molecule has 0 aliphatic carbocycles. The van der Waals surface area contributed by atoms with Crippen molar-refractivity contribution < 1.29 is 17.1 Å². The number of para-hydroxylation sites is 2. The molecule has 3 aromatic rings. The van der Waals surface area contributed by atoms with Crippen LogP contribution in [0.3, 0.4) is 0 Å². The van der Waals surface area contributed by atoms with Gasteiger partial charge in [0.25, 0.3) is 0 Å². The molecule has 0 aliphatic rings. The van der Waals surface area contributed by atoms with E-state index in [-0.39, 0.29) is 42.8 Å². The first-order chi connectivity index (χ1) is 13.6. The molecule has 4 heteroatoms. The predicted octanol–water partition coefficient (Wildman–Crippen LogP) is 8.01. The Kier molecular flexibility index (Phi) is 11.1. The van der Waals surface area contributed by atoms with Gasteiger partial charge in [-0.25, -0.2) is 0 Å². The van der Waals surface area contributed by atoms with Crippen molar-refractivity contribution in [3.63, 3.8) is 0 Å². The molecule has 172 valence electrons. The summed E-state index contributed by atoms with van der Waals surface area (Å²) in [5, 5.41) is 0. The summed E-state index contributed by atoms with van der Waals surface area (Å²) in [4.78, 5) is 12.8. The van der Waals surface area contributed by atoms with Gasteiger partial charge in [-0.3, -0.25) is 9.98 Å². The van der Waals surface area contributed by atoms with E-state index in [0.29, 0.717) is 0 Å². The van der Waals surface area contributed by atoms with Crippen LogP contribution in [-0.4, -0.2) is 17.4 Å². The molecule has 0 bridgehead atoms. The number of hydrogen-bond donors (Lipinski definition) is 1. The fourth-order valence-corrected chi connectivity index (χ4v) is 3.30. The second-order valence-corrected chi connectivity index (χ2v) is 9.42. The molecule has 0 atom stereocenters. The van der Waals surface area contributed by atoms with Gasteiger partial charge in [-0.15, -0.1) is 0 Å². The van der Waals surface area contributed by atoms with Gasteiger partial charge in [-0.05, 0) is 46.2 Å². The zero-order valence-corrected chi connectivity index (χ0v) is 21.8. The molecule has 0 radical (unpaired) electrons. The number of aliphatic imine (C=N–C) groups is 2. The van der Waals surface area contributed by atoms with Crippen molar-refractivity contribution in [2.45, 2.75) is 52.4 Å². The average Bonchev–Trinajstić information content (AvgIpc) is 3.11. The minimum absolute atomic E-state index is 0. The Labute approximate surface area is 206 Å². The summed E-state index contributed by atoms with van der Waals surface area (Å²) >= 11 is 0. The van der Waals surface area contributed by atoms with Gasteiger partial charge in [-0.1, -0.05) is 77.9 Å². The Morgan fingerprint density at radius 1 is 0.594 bits per heavy atom. The van der Waals surface area contributed by atoms with Crippen LogP contribution in [0.4, 0.5) is 11.4 Å². The molecule has 0 aliphatic heterocycles. The molecule has 1 N–H and O–H groups in total. The zero-order valence-electron chi connectivity index (χ0n) is 20.7. The Morgan fingerprint density at radius 3 is 1.28 bits per heavy atom. The number of aromatic amines is 1. The van der Waals surface area contributed by atoms with E-state index in [1.165, 1.54) is 11.1 Å². The minimum atomic E-state index is 0. The van der Waals surface area contributed by atoms with E-state index in [1.54, 1.807) is 0 Å². The third kappa shape index (κ3) is 7.62. The average molecular weight is 471 g/mol. The van der Waals surface area contributed by atoms with Crippen molar-refractivity contribution in [3.05, 3.63) is 98.0 Å². The van der Waals surface area contributed by atoms with Crippen molar-refractivity contribution in [2.24, 2.45) is 9.98 Å². The Hall–Kier alpha value is -2.42. The van der Waals surface area contributed by atoms with Crippen LogP contribution < -0.4 is 0 Å². The van der Waals surface area contributed by atoms with Crippen molar-refractivity contribution in [3.8, 4) is 0 Å². The maximum atomic E-state index is 4.72. The summed E-state index contributed by atoms with van der Waals surface area (Å²) in [6, 6.07) is 20.7. The van der Waals surface area contributed by atoms with Crippen molar-refractivity contribution in [1.82, 2.24) is 4.98 Å². The summed E-state index contributed by atoms with van der Waals surface area (Å²) in [5.74, 6) is 0. The van der Waals surface area contributed by atoms with Crippen LogP contribution in [0.5, 0.6) is 0 Å². The van der Waals surface area contributed by atoms with Crippen LogP contribution in [0.2, 0.25) is 0 Å². The molecule has 3 nitrogen and oxygen atoms in total. The molecule has 0 saturated heterocycles. The number of hydrogen-bond acceptors (Lipinski definition) is 2. The normalized spacial score (nSPS) is 11.7. The number of H-pyrrole nitrogens is 1. The third-order valence-corrected chi connectivity index (χ3v) is 4.84. The number of benzene rings is 2. The maximum Gasteiger partial charge on any atom is 2.00 e. The van der Waals surface area contributed by atoms with E-state index in [2.05, 4.69) is 82.9 Å². The van der Waals surface area contributed by atoms with Crippen molar-refractivity contribution >= 4 is 23.8 Å². The fraction of sp³-hybridized carbons (Fsp3) is 0.286. The van der Waals surface area contributed by atoms with Crippen molar-refractivity contribution in [2.75, 3.05) is 0 Å². The Morgan fingerprint density at radius 2 is 0.938 bits per heavy atom. The second kappa shape index (κ2) is 12.0. The van der Waals surface area contributed by atoms with Gasteiger partial charge in [0.2, 0.25) is 0 Å². The van der Waals surface area contributed by atoms with Gasteiger partial charge < -0.3 is 19.8 Å². The van der Waals surface area contributed by atoms with E-state index < -0.39 is 0 Å². The molecule has 3 rings (SSSR count). The van der Waals surface area contributed by atoms with E-state index in [0.717, 1.165) is 22.8 Å². The third-order valence-electron chi connectivity index (χ3n) is 4.84. The SMILES string of the molecule is CC(C)(C)c1ccccc1N=Cc1ccc(C=Nc2ccccc2C(C)(C)C)[nH]1.[CH3-].[CH3-].[Fe+2]. The van der Waals surface area contributed by atoms with E-state index in [1.807, 2.05) is 36.7 Å². The van der Waals surface area contributed by atoms with Crippen LogP contribution in [0, 0.1) is 14.9 Å². The first-order valence-corrected chi connectivity index (χ1v) is 10.1. The fourth-order valence-electron chi connectivity index (χ4n) is 3.30. The standard InChI is InChI=1S/C26H31N3.2CH3.Fe/c1-25(2,3)21-11-7-9-13-23(21)27-17-19-15-16-20(29-19)18-28-24-14-10-8-12-22(24)26(4,5)6;;;/h7-18,29H,1-6H3;2*1H3;/q;2*-1;+2. The monoisotopic (exact) mass is 471 g/mol. The smallest absolute Gasteiger partial charge is 0.358 e. The van der Waals surface area contributed by atoms with E-state index in [4.69, 9.17) is 9.98 Å². The van der Waals surface area contributed by atoms with Gasteiger partial charge >= 0.3 is 17.1 Å².